The van der Waals surface area contributed by atoms with Crippen LogP contribution in [0.15, 0.2) is 12.5 Å². The van der Waals surface area contributed by atoms with E-state index in [2.05, 4.69) is 30.7 Å². The lowest BCUT2D eigenvalue weighted by molar-refractivity contribution is -0.155. The van der Waals surface area contributed by atoms with Crippen LogP contribution in [-0.4, -0.2) is 28.1 Å². The van der Waals surface area contributed by atoms with E-state index in [4.69, 9.17) is 10.5 Å². The van der Waals surface area contributed by atoms with E-state index < -0.39 is 6.04 Å². The molecule has 3 atom stereocenters. The van der Waals surface area contributed by atoms with Gasteiger partial charge in [-0.3, -0.25) is 4.79 Å². The van der Waals surface area contributed by atoms with E-state index in [9.17, 15) is 4.79 Å². The molecule has 1 aliphatic rings. The third-order valence-electron chi connectivity index (χ3n) is 3.93. The molecule has 0 radical (unpaired) electrons. The van der Waals surface area contributed by atoms with Crippen LogP contribution >= 0.6 is 0 Å². The molecule has 5 heteroatoms. The summed E-state index contributed by atoms with van der Waals surface area (Å²) in [6.45, 7) is 6.67. The molecule has 112 valence electrons. The van der Waals surface area contributed by atoms with Crippen molar-refractivity contribution in [2.75, 3.05) is 0 Å². The Morgan fingerprint density at radius 2 is 2.35 bits per heavy atom. The Hall–Kier alpha value is -1.36. The third-order valence-corrected chi connectivity index (χ3v) is 3.93. The molecule has 0 spiro atoms. The topological polar surface area (TPSA) is 81.0 Å². The fraction of sp³-hybridized carbons (Fsp3) is 0.733. The number of nitrogens with one attached hydrogen (secondary N) is 1. The molecule has 3 N–H and O–H groups in total. The molecule has 1 aromatic heterocycles. The van der Waals surface area contributed by atoms with Crippen molar-refractivity contribution in [2.24, 2.45) is 17.1 Å². The Labute approximate surface area is 120 Å². The van der Waals surface area contributed by atoms with E-state index in [1.165, 1.54) is 6.42 Å². The molecule has 0 aromatic carbocycles. The summed E-state index contributed by atoms with van der Waals surface area (Å²) in [4.78, 5) is 18.9. The molecular weight excluding hydrogens is 254 g/mol. The molecule has 0 bridgehead atoms. The number of esters is 1. The van der Waals surface area contributed by atoms with Crippen molar-refractivity contribution < 1.29 is 9.53 Å². The maximum absolute atomic E-state index is 12.1. The predicted octanol–water partition coefficient (Wildman–Crippen LogP) is 2.04. The molecule has 1 aliphatic carbocycles. The Bertz CT molecular complexity index is 442. The van der Waals surface area contributed by atoms with Gasteiger partial charge in [0.15, 0.2) is 0 Å². The van der Waals surface area contributed by atoms with Gasteiger partial charge in [-0.05, 0) is 30.6 Å². The number of H-pyrrole nitrogens is 1. The molecule has 0 amide bonds. The first-order valence-electron chi connectivity index (χ1n) is 7.29. The highest BCUT2D eigenvalue weighted by atomic mass is 16.5. The minimum atomic E-state index is -0.629. The van der Waals surface area contributed by atoms with Crippen molar-refractivity contribution in [1.29, 1.82) is 0 Å². The maximum atomic E-state index is 12.1. The lowest BCUT2D eigenvalue weighted by atomic mass is 9.71. The molecule has 1 fully saturated rings. The number of rotatable bonds is 4. The number of ether oxygens (including phenoxy) is 1. The predicted molar refractivity (Wildman–Crippen MR) is 76.9 cm³/mol. The van der Waals surface area contributed by atoms with E-state index in [1.807, 2.05) is 0 Å². The zero-order valence-corrected chi connectivity index (χ0v) is 12.6. The van der Waals surface area contributed by atoms with Crippen molar-refractivity contribution >= 4 is 5.97 Å². The fourth-order valence-electron chi connectivity index (χ4n) is 3.32. The monoisotopic (exact) mass is 279 g/mol. The summed E-state index contributed by atoms with van der Waals surface area (Å²) in [6.07, 6.45) is 6.73. The molecule has 0 aliphatic heterocycles. The lowest BCUT2D eigenvalue weighted by Gasteiger charge is -2.38. The van der Waals surface area contributed by atoms with Crippen LogP contribution in [0.3, 0.4) is 0 Å². The Morgan fingerprint density at radius 1 is 1.60 bits per heavy atom. The van der Waals surface area contributed by atoms with Gasteiger partial charge in [0.05, 0.1) is 6.33 Å². The third kappa shape index (κ3) is 4.07. The molecular formula is C15H25N3O2. The van der Waals surface area contributed by atoms with E-state index >= 15 is 0 Å². The number of nitrogens with two attached hydrogens (primary N) is 1. The molecule has 1 heterocycles. The van der Waals surface area contributed by atoms with Crippen LogP contribution in [0.2, 0.25) is 0 Å². The maximum Gasteiger partial charge on any atom is 0.323 e. The summed E-state index contributed by atoms with van der Waals surface area (Å²) in [5.74, 6) is 0.273. The first kappa shape index (κ1) is 15.0. The van der Waals surface area contributed by atoms with E-state index in [0.717, 1.165) is 18.5 Å². The van der Waals surface area contributed by atoms with Crippen molar-refractivity contribution in [3.8, 4) is 0 Å². The number of hydrogen-bond donors (Lipinski definition) is 2. The SMILES string of the molecule is CC1CC(OC(=O)[C@@H](N)Cc2cnc[nH]2)CC(C)(C)C1. The lowest BCUT2D eigenvalue weighted by Crippen LogP contribution is -2.40. The second-order valence-corrected chi connectivity index (χ2v) is 6.86. The highest BCUT2D eigenvalue weighted by Gasteiger charge is 2.34. The van der Waals surface area contributed by atoms with Gasteiger partial charge in [-0.2, -0.15) is 0 Å². The van der Waals surface area contributed by atoms with E-state index in [1.54, 1.807) is 12.5 Å². The molecule has 1 saturated carbocycles. The summed E-state index contributed by atoms with van der Waals surface area (Å²) < 4.78 is 5.61. The zero-order chi connectivity index (χ0) is 14.8. The number of hydrogen-bond acceptors (Lipinski definition) is 4. The van der Waals surface area contributed by atoms with Gasteiger partial charge in [-0.1, -0.05) is 20.8 Å². The van der Waals surface area contributed by atoms with Crippen LogP contribution in [0.5, 0.6) is 0 Å². The summed E-state index contributed by atoms with van der Waals surface area (Å²) in [7, 11) is 0. The van der Waals surface area contributed by atoms with Gasteiger partial charge in [0.1, 0.15) is 12.1 Å². The summed E-state index contributed by atoms with van der Waals surface area (Å²) >= 11 is 0. The van der Waals surface area contributed by atoms with Gasteiger partial charge in [0.25, 0.3) is 0 Å². The summed E-state index contributed by atoms with van der Waals surface area (Å²) in [5, 5.41) is 0. The number of nitrogens with zero attached hydrogens (tertiary/aromatic N) is 1. The molecule has 2 unspecified atom stereocenters. The quantitative estimate of drug-likeness (QED) is 0.826. The first-order valence-corrected chi connectivity index (χ1v) is 7.29. The Balaban J connectivity index is 1.87. The van der Waals surface area contributed by atoms with Crippen molar-refractivity contribution in [1.82, 2.24) is 9.97 Å². The second-order valence-electron chi connectivity index (χ2n) is 6.86. The zero-order valence-electron chi connectivity index (χ0n) is 12.6. The van der Waals surface area contributed by atoms with Crippen LogP contribution < -0.4 is 5.73 Å². The Kier molecular flexibility index (Phi) is 4.48. The fourth-order valence-corrected chi connectivity index (χ4v) is 3.32. The molecule has 0 saturated heterocycles. The molecule has 20 heavy (non-hydrogen) atoms. The van der Waals surface area contributed by atoms with Gasteiger partial charge in [-0.25, -0.2) is 4.98 Å². The normalized spacial score (nSPS) is 27.0. The smallest absolute Gasteiger partial charge is 0.323 e. The number of carbonyl (C=O) groups is 1. The van der Waals surface area contributed by atoms with Crippen LogP contribution in [0.1, 0.15) is 45.7 Å². The molecule has 2 rings (SSSR count). The van der Waals surface area contributed by atoms with Crippen molar-refractivity contribution in [3.05, 3.63) is 18.2 Å². The van der Waals surface area contributed by atoms with Gasteiger partial charge in [-0.15, -0.1) is 0 Å². The molecule has 1 aromatic rings. The second kappa shape index (κ2) is 5.95. The highest BCUT2D eigenvalue weighted by molar-refractivity contribution is 5.76. The van der Waals surface area contributed by atoms with E-state index in [0.29, 0.717) is 12.3 Å². The van der Waals surface area contributed by atoms with Gasteiger partial charge in [0, 0.05) is 18.3 Å². The van der Waals surface area contributed by atoms with Crippen LogP contribution in [-0.2, 0) is 16.0 Å². The van der Waals surface area contributed by atoms with Gasteiger partial charge < -0.3 is 15.5 Å². The van der Waals surface area contributed by atoms with Crippen LogP contribution in [0.4, 0.5) is 0 Å². The average Bonchev–Trinajstić information content (AvgIpc) is 2.78. The first-order chi connectivity index (χ1) is 9.35. The van der Waals surface area contributed by atoms with Crippen LogP contribution in [0, 0.1) is 11.3 Å². The van der Waals surface area contributed by atoms with Gasteiger partial charge >= 0.3 is 5.97 Å². The average molecular weight is 279 g/mol. The van der Waals surface area contributed by atoms with Crippen molar-refractivity contribution in [3.63, 3.8) is 0 Å². The number of aromatic nitrogens is 2. The largest absolute Gasteiger partial charge is 0.461 e. The van der Waals surface area contributed by atoms with Crippen LogP contribution in [0.25, 0.3) is 0 Å². The van der Waals surface area contributed by atoms with Crippen molar-refractivity contribution in [2.45, 2.75) is 58.6 Å². The van der Waals surface area contributed by atoms with Gasteiger partial charge in [0.2, 0.25) is 0 Å². The number of carbonyl (C=O) groups excluding carboxylic acids is 1. The minimum absolute atomic E-state index is 0.00549. The van der Waals surface area contributed by atoms with E-state index in [-0.39, 0.29) is 17.5 Å². The Morgan fingerprint density at radius 3 is 2.95 bits per heavy atom. The standard InChI is InChI=1S/C15H25N3O2/c1-10-4-12(7-15(2,3)6-10)20-14(19)13(16)5-11-8-17-9-18-11/h8-10,12-13H,4-7,16H2,1-3H3,(H,17,18)/t10?,12?,13-/m0/s1. The number of imidazole rings is 1. The number of aromatic amines is 1. The molecule has 5 nitrogen and oxygen atoms in total. The minimum Gasteiger partial charge on any atom is -0.461 e. The summed E-state index contributed by atoms with van der Waals surface area (Å²) in [5.41, 5.74) is 6.99. The summed E-state index contributed by atoms with van der Waals surface area (Å²) in [6, 6.07) is -0.629. The highest BCUT2D eigenvalue weighted by Crippen LogP contribution is 2.39.